The average Bonchev–Trinajstić information content (AvgIpc) is 3.38. The molecule has 0 N–H and O–H groups in total. The third-order valence-electron chi connectivity index (χ3n) is 12.0. The third kappa shape index (κ3) is 7.31. The van der Waals surface area contributed by atoms with E-state index in [9.17, 15) is 0 Å². The fourth-order valence-electron chi connectivity index (χ4n) is 8.85. The van der Waals surface area contributed by atoms with Crippen LogP contribution in [0.2, 0.25) is 0 Å². The Kier molecular flexibility index (Phi) is 9.91. The summed E-state index contributed by atoms with van der Waals surface area (Å²) in [5.74, 6) is 1.50. The van der Waals surface area contributed by atoms with Gasteiger partial charge in [-0.25, -0.2) is 24.2 Å². The summed E-state index contributed by atoms with van der Waals surface area (Å²) in [6.07, 6.45) is 0. The Morgan fingerprint density at radius 1 is 0.385 bits per heavy atom. The third-order valence-corrected chi connectivity index (χ3v) is 12.0. The van der Waals surface area contributed by atoms with Crippen molar-refractivity contribution in [3.63, 3.8) is 0 Å². The van der Waals surface area contributed by atoms with Crippen molar-refractivity contribution in [2.24, 2.45) is 0 Å². The van der Waals surface area contributed by atoms with E-state index in [1.54, 1.807) is 0 Å². The molecule has 306 valence electrons. The number of halogens is 1. The highest BCUT2D eigenvalue weighted by Gasteiger charge is 2.44. The molecule has 0 radical (unpaired) electrons. The van der Waals surface area contributed by atoms with Gasteiger partial charge in [0.25, 0.3) is 0 Å². The molecular formula is C59H37FN4O. The maximum Gasteiger partial charge on any atom is 0.187 e. The summed E-state index contributed by atoms with van der Waals surface area (Å²) < 4.78 is 23.4. The molecule has 10 aromatic rings. The predicted molar refractivity (Wildman–Crippen MR) is 257 cm³/mol. The molecule has 2 heterocycles. The SMILES string of the molecule is [C-]#[N+]c1ccc(-c2cccc(-c3nc(-c4ccc(-c5ccccc5)cc4)nc(-c4cc(F)cc(-c5ccc6c(c5)OC(c5ccccc5)(c5ccccc5)c5ccccc5-6)c4)n3)c2)cc1. The number of hydrogen-bond acceptors (Lipinski definition) is 4. The van der Waals surface area contributed by atoms with E-state index >= 15 is 4.39 Å². The van der Waals surface area contributed by atoms with Gasteiger partial charge in [-0.3, -0.25) is 0 Å². The second-order valence-electron chi connectivity index (χ2n) is 16.0. The summed E-state index contributed by atoms with van der Waals surface area (Å²) in [7, 11) is 0. The van der Waals surface area contributed by atoms with Crippen LogP contribution in [0.15, 0.2) is 224 Å². The van der Waals surface area contributed by atoms with Crippen molar-refractivity contribution >= 4 is 5.69 Å². The van der Waals surface area contributed by atoms with E-state index in [0.29, 0.717) is 40.0 Å². The molecular weight excluding hydrogens is 800 g/mol. The van der Waals surface area contributed by atoms with Crippen LogP contribution in [-0.4, -0.2) is 15.0 Å². The second-order valence-corrected chi connectivity index (χ2v) is 16.0. The lowest BCUT2D eigenvalue weighted by Crippen LogP contribution is -2.38. The minimum atomic E-state index is -0.937. The van der Waals surface area contributed by atoms with Crippen molar-refractivity contribution in [1.82, 2.24) is 15.0 Å². The molecule has 11 rings (SSSR count). The van der Waals surface area contributed by atoms with Gasteiger partial charge in [0.05, 0.1) is 6.57 Å². The maximum absolute atomic E-state index is 16.1. The van der Waals surface area contributed by atoms with Crippen molar-refractivity contribution < 1.29 is 9.13 Å². The van der Waals surface area contributed by atoms with Crippen LogP contribution in [0.25, 0.3) is 83.5 Å². The van der Waals surface area contributed by atoms with E-state index in [1.807, 2.05) is 133 Å². The standard InChI is InChI=1S/C59H37FN4O/c1-61-51-31-28-41(29-32-51)43-16-13-17-45(34-43)57-62-56(42-26-24-40(25-27-42)39-14-5-2-6-15-39)63-58(64-57)47-35-46(36-50(60)37-47)44-30-33-53-52-22-11-12-23-54(52)59(65-55(53)38-44,48-18-7-3-8-19-48)49-20-9-4-10-21-49/h2-38H. The number of nitrogens with zero attached hydrogens (tertiary/aromatic N) is 4. The molecule has 9 aromatic carbocycles. The summed E-state index contributed by atoms with van der Waals surface area (Å²) in [6.45, 7) is 7.39. The monoisotopic (exact) mass is 836 g/mol. The van der Waals surface area contributed by atoms with Crippen molar-refractivity contribution in [3.05, 3.63) is 258 Å². The highest BCUT2D eigenvalue weighted by molar-refractivity contribution is 5.83. The molecule has 0 aliphatic carbocycles. The highest BCUT2D eigenvalue weighted by atomic mass is 19.1. The van der Waals surface area contributed by atoms with E-state index < -0.39 is 11.4 Å². The van der Waals surface area contributed by atoms with Gasteiger partial charge < -0.3 is 4.74 Å². The molecule has 1 aromatic heterocycles. The number of benzene rings is 9. The minimum Gasteiger partial charge on any atom is -0.472 e. The average molecular weight is 837 g/mol. The van der Waals surface area contributed by atoms with Crippen LogP contribution >= 0.6 is 0 Å². The van der Waals surface area contributed by atoms with E-state index in [2.05, 4.69) is 83.7 Å². The Hall–Kier alpha value is -8.79. The van der Waals surface area contributed by atoms with Crippen LogP contribution in [0.3, 0.4) is 0 Å². The lowest BCUT2D eigenvalue weighted by Gasteiger charge is -2.41. The number of hydrogen-bond donors (Lipinski definition) is 0. The molecule has 6 heteroatoms. The predicted octanol–water partition coefficient (Wildman–Crippen LogP) is 14.9. The zero-order valence-corrected chi connectivity index (χ0v) is 34.9. The number of fused-ring (bicyclic) bond motifs is 3. The van der Waals surface area contributed by atoms with Crippen molar-refractivity contribution in [2.75, 3.05) is 0 Å². The Morgan fingerprint density at radius 2 is 0.862 bits per heavy atom. The summed E-state index contributed by atoms with van der Waals surface area (Å²) in [5, 5.41) is 0. The van der Waals surface area contributed by atoms with Gasteiger partial charge in [-0.05, 0) is 69.3 Å². The van der Waals surface area contributed by atoms with Crippen LogP contribution in [0.1, 0.15) is 16.7 Å². The summed E-state index contributed by atoms with van der Waals surface area (Å²) in [5.41, 5.74) is 12.3. The molecule has 0 saturated carbocycles. The Labute approximate surface area is 376 Å². The van der Waals surface area contributed by atoms with Gasteiger partial charge in [-0.1, -0.05) is 194 Å². The van der Waals surface area contributed by atoms with Crippen LogP contribution in [-0.2, 0) is 5.60 Å². The van der Waals surface area contributed by atoms with Crippen molar-refractivity contribution in [1.29, 1.82) is 0 Å². The van der Waals surface area contributed by atoms with Crippen LogP contribution < -0.4 is 4.74 Å². The van der Waals surface area contributed by atoms with Crippen LogP contribution in [0.5, 0.6) is 5.75 Å². The molecule has 0 bridgehead atoms. The van der Waals surface area contributed by atoms with Gasteiger partial charge in [0.2, 0.25) is 0 Å². The van der Waals surface area contributed by atoms with Crippen molar-refractivity contribution in [2.45, 2.75) is 5.60 Å². The van der Waals surface area contributed by atoms with Gasteiger partial charge in [0.1, 0.15) is 11.6 Å². The molecule has 0 spiro atoms. The first-order chi connectivity index (χ1) is 32.0. The quantitative estimate of drug-likeness (QED) is 0.143. The normalized spacial score (nSPS) is 12.3. The van der Waals surface area contributed by atoms with Crippen molar-refractivity contribution in [3.8, 4) is 84.4 Å². The fraction of sp³-hybridized carbons (Fsp3) is 0.0169. The zero-order chi connectivity index (χ0) is 43.7. The highest BCUT2D eigenvalue weighted by Crippen LogP contribution is 2.52. The molecule has 0 unspecified atom stereocenters. The lowest BCUT2D eigenvalue weighted by molar-refractivity contribution is 0.152. The fourth-order valence-corrected chi connectivity index (χ4v) is 8.85. The van der Waals surface area contributed by atoms with Gasteiger partial charge in [0, 0.05) is 38.9 Å². The maximum atomic E-state index is 16.1. The van der Waals surface area contributed by atoms with E-state index in [4.69, 9.17) is 26.3 Å². The Balaban J connectivity index is 1.03. The molecule has 1 aliphatic heterocycles. The van der Waals surface area contributed by atoms with E-state index in [0.717, 1.165) is 66.8 Å². The van der Waals surface area contributed by atoms with Gasteiger partial charge in [0.15, 0.2) is 28.8 Å². The summed E-state index contributed by atoms with van der Waals surface area (Å²) >= 11 is 0. The Morgan fingerprint density at radius 3 is 1.55 bits per heavy atom. The van der Waals surface area contributed by atoms with Crippen LogP contribution in [0.4, 0.5) is 10.1 Å². The number of ether oxygens (including phenoxy) is 1. The number of aromatic nitrogens is 3. The molecule has 5 nitrogen and oxygen atoms in total. The first-order valence-corrected chi connectivity index (χ1v) is 21.4. The topological polar surface area (TPSA) is 52.3 Å². The summed E-state index contributed by atoms with van der Waals surface area (Å²) in [6, 6.07) is 73.9. The smallest absolute Gasteiger partial charge is 0.187 e. The van der Waals surface area contributed by atoms with Gasteiger partial charge >= 0.3 is 0 Å². The largest absolute Gasteiger partial charge is 0.472 e. The first-order valence-electron chi connectivity index (χ1n) is 21.4. The minimum absolute atomic E-state index is 0.333. The first kappa shape index (κ1) is 39.1. The molecule has 0 atom stereocenters. The summed E-state index contributed by atoms with van der Waals surface area (Å²) in [4.78, 5) is 18.6. The van der Waals surface area contributed by atoms with Gasteiger partial charge in [-0.15, -0.1) is 0 Å². The lowest BCUT2D eigenvalue weighted by atomic mass is 9.75. The molecule has 1 aliphatic rings. The molecule has 65 heavy (non-hydrogen) atoms. The van der Waals surface area contributed by atoms with E-state index in [-0.39, 0.29) is 0 Å². The molecule has 0 fully saturated rings. The van der Waals surface area contributed by atoms with Crippen LogP contribution in [0, 0.1) is 12.4 Å². The molecule has 0 amide bonds. The Bertz CT molecular complexity index is 3370. The van der Waals surface area contributed by atoms with Gasteiger partial charge in [-0.2, -0.15) is 0 Å². The second kappa shape index (κ2) is 16.5. The molecule has 0 saturated heterocycles. The zero-order valence-electron chi connectivity index (χ0n) is 34.9. The number of rotatable bonds is 8. The van der Waals surface area contributed by atoms with E-state index in [1.165, 1.54) is 12.1 Å².